The summed E-state index contributed by atoms with van der Waals surface area (Å²) in [5.74, 6) is -0.0811. The second-order valence-electron chi connectivity index (χ2n) is 4.72. The number of carbonyl (C=O) groups is 1. The van der Waals surface area contributed by atoms with Crippen LogP contribution in [0.1, 0.15) is 23.2 Å². The van der Waals surface area contributed by atoms with Crippen LogP contribution in [0.15, 0.2) is 24.5 Å². The lowest BCUT2D eigenvalue weighted by atomic mass is 10.1. The normalized spacial score (nSPS) is 20.3. The van der Waals surface area contributed by atoms with Gasteiger partial charge in [0.05, 0.1) is 6.26 Å². The summed E-state index contributed by atoms with van der Waals surface area (Å²) in [5, 5.41) is 0. The summed E-state index contributed by atoms with van der Waals surface area (Å²) in [7, 11) is -3.24. The van der Waals surface area contributed by atoms with Crippen molar-refractivity contribution in [3.05, 3.63) is 30.1 Å². The number of nitrogens with zero attached hydrogens (tertiary/aromatic N) is 2. The van der Waals surface area contributed by atoms with Gasteiger partial charge in [0.15, 0.2) is 0 Å². The molecule has 0 aromatic carbocycles. The van der Waals surface area contributed by atoms with Crippen LogP contribution < -0.4 is 4.72 Å². The number of hydrogen-bond acceptors (Lipinski definition) is 4. The summed E-state index contributed by atoms with van der Waals surface area (Å²) >= 11 is 0. The van der Waals surface area contributed by atoms with Crippen molar-refractivity contribution >= 4 is 15.9 Å². The third kappa shape index (κ3) is 4.00. The molecule has 1 amide bonds. The minimum atomic E-state index is -3.24. The number of aromatic nitrogens is 1. The summed E-state index contributed by atoms with van der Waals surface area (Å²) in [6.07, 6.45) is 5.83. The Morgan fingerprint density at radius 1 is 1.42 bits per heavy atom. The third-order valence-corrected chi connectivity index (χ3v) is 3.78. The number of carbonyl (C=O) groups excluding carboxylic acids is 1. The average molecular weight is 283 g/mol. The lowest BCUT2D eigenvalue weighted by Crippen LogP contribution is -2.49. The maximum Gasteiger partial charge on any atom is 0.254 e. The van der Waals surface area contributed by atoms with Crippen molar-refractivity contribution in [1.82, 2.24) is 14.6 Å². The Labute approximate surface area is 112 Å². The van der Waals surface area contributed by atoms with Gasteiger partial charge in [-0.3, -0.25) is 9.78 Å². The summed E-state index contributed by atoms with van der Waals surface area (Å²) in [6, 6.07) is 3.13. The smallest absolute Gasteiger partial charge is 0.254 e. The van der Waals surface area contributed by atoms with E-state index >= 15 is 0 Å². The quantitative estimate of drug-likeness (QED) is 0.861. The van der Waals surface area contributed by atoms with Crippen LogP contribution in [-0.4, -0.2) is 49.6 Å². The summed E-state index contributed by atoms with van der Waals surface area (Å²) < 4.78 is 25.0. The maximum atomic E-state index is 12.2. The maximum absolute atomic E-state index is 12.2. The highest BCUT2D eigenvalue weighted by Crippen LogP contribution is 2.14. The van der Waals surface area contributed by atoms with Crippen molar-refractivity contribution in [3.63, 3.8) is 0 Å². The van der Waals surface area contributed by atoms with E-state index in [0.29, 0.717) is 18.7 Å². The number of amides is 1. The third-order valence-electron chi connectivity index (χ3n) is 3.02. The zero-order valence-electron chi connectivity index (χ0n) is 10.7. The molecule has 1 fully saturated rings. The fourth-order valence-corrected chi connectivity index (χ4v) is 3.04. The van der Waals surface area contributed by atoms with Crippen LogP contribution in [0.2, 0.25) is 0 Å². The van der Waals surface area contributed by atoms with Crippen LogP contribution in [0.4, 0.5) is 0 Å². The van der Waals surface area contributed by atoms with Gasteiger partial charge in [-0.15, -0.1) is 0 Å². The van der Waals surface area contributed by atoms with Crippen molar-refractivity contribution in [2.24, 2.45) is 0 Å². The van der Waals surface area contributed by atoms with Crippen molar-refractivity contribution < 1.29 is 13.2 Å². The number of piperidine rings is 1. The average Bonchev–Trinajstić information content (AvgIpc) is 2.37. The van der Waals surface area contributed by atoms with Gasteiger partial charge < -0.3 is 4.90 Å². The molecule has 7 heteroatoms. The van der Waals surface area contributed by atoms with Gasteiger partial charge >= 0.3 is 0 Å². The molecule has 0 aliphatic carbocycles. The van der Waals surface area contributed by atoms with E-state index in [-0.39, 0.29) is 11.9 Å². The molecule has 2 heterocycles. The molecule has 1 saturated heterocycles. The van der Waals surface area contributed by atoms with Crippen LogP contribution in [0.25, 0.3) is 0 Å². The van der Waals surface area contributed by atoms with E-state index in [1.807, 2.05) is 0 Å². The Morgan fingerprint density at radius 3 is 2.74 bits per heavy atom. The summed E-state index contributed by atoms with van der Waals surface area (Å²) in [6.45, 7) is 1.07. The molecule has 1 atom stereocenters. The molecule has 1 aliphatic heterocycles. The van der Waals surface area contributed by atoms with E-state index in [2.05, 4.69) is 9.71 Å². The van der Waals surface area contributed by atoms with Crippen LogP contribution in [-0.2, 0) is 10.0 Å². The molecule has 6 nitrogen and oxygen atoms in total. The predicted molar refractivity (Wildman–Crippen MR) is 71.1 cm³/mol. The van der Waals surface area contributed by atoms with Crippen molar-refractivity contribution in [2.45, 2.75) is 18.9 Å². The fourth-order valence-electron chi connectivity index (χ4n) is 2.24. The molecule has 1 N–H and O–H groups in total. The van der Waals surface area contributed by atoms with Crippen LogP contribution in [0.3, 0.4) is 0 Å². The predicted octanol–water partition coefficient (Wildman–Crippen LogP) is 0.235. The van der Waals surface area contributed by atoms with Gasteiger partial charge in [0, 0.05) is 37.1 Å². The molecule has 0 spiro atoms. The first kappa shape index (κ1) is 14.0. The van der Waals surface area contributed by atoms with E-state index in [1.165, 1.54) is 0 Å². The molecule has 0 radical (unpaired) electrons. The number of pyridine rings is 1. The van der Waals surface area contributed by atoms with Gasteiger partial charge in [-0.1, -0.05) is 0 Å². The molecule has 0 bridgehead atoms. The number of hydrogen-bond donors (Lipinski definition) is 1. The molecular formula is C12H17N3O3S. The van der Waals surface area contributed by atoms with E-state index in [4.69, 9.17) is 0 Å². The van der Waals surface area contributed by atoms with E-state index in [1.54, 1.807) is 29.4 Å². The second kappa shape index (κ2) is 5.66. The van der Waals surface area contributed by atoms with Gasteiger partial charge in [-0.05, 0) is 25.0 Å². The molecule has 104 valence electrons. The first-order valence-corrected chi connectivity index (χ1v) is 8.01. The zero-order chi connectivity index (χ0) is 13.9. The molecule has 1 aliphatic rings. The Kier molecular flexibility index (Phi) is 4.16. The molecular weight excluding hydrogens is 266 g/mol. The lowest BCUT2D eigenvalue weighted by Gasteiger charge is -2.32. The highest BCUT2D eigenvalue weighted by atomic mass is 32.2. The molecule has 1 aromatic heterocycles. The van der Waals surface area contributed by atoms with Gasteiger partial charge in [-0.2, -0.15) is 0 Å². The Morgan fingerprint density at radius 2 is 2.11 bits per heavy atom. The van der Waals surface area contributed by atoms with E-state index < -0.39 is 10.0 Å². The highest BCUT2D eigenvalue weighted by molar-refractivity contribution is 7.88. The van der Waals surface area contributed by atoms with Gasteiger partial charge in [-0.25, -0.2) is 13.1 Å². The summed E-state index contributed by atoms with van der Waals surface area (Å²) in [4.78, 5) is 17.8. The number of nitrogens with one attached hydrogen (secondary N) is 1. The van der Waals surface area contributed by atoms with Gasteiger partial charge in [0.25, 0.3) is 5.91 Å². The van der Waals surface area contributed by atoms with E-state index in [0.717, 1.165) is 19.1 Å². The number of likely N-dealkylation sites (tertiary alicyclic amines) is 1. The largest absolute Gasteiger partial charge is 0.337 e. The number of sulfonamides is 1. The Bertz CT molecular complexity index is 545. The molecule has 0 saturated carbocycles. The van der Waals surface area contributed by atoms with Gasteiger partial charge in [0.1, 0.15) is 0 Å². The van der Waals surface area contributed by atoms with Crippen molar-refractivity contribution in [3.8, 4) is 0 Å². The van der Waals surface area contributed by atoms with Crippen molar-refractivity contribution in [1.29, 1.82) is 0 Å². The first-order chi connectivity index (χ1) is 8.96. The standard InChI is InChI=1S/C12H17N3O3S/c1-19(17,18)14-11-3-2-8-15(9-11)12(16)10-4-6-13-7-5-10/h4-7,11,14H,2-3,8-9H2,1H3. The van der Waals surface area contributed by atoms with Crippen molar-refractivity contribution in [2.75, 3.05) is 19.3 Å². The zero-order valence-corrected chi connectivity index (χ0v) is 11.6. The van der Waals surface area contributed by atoms with Crippen LogP contribution in [0, 0.1) is 0 Å². The second-order valence-corrected chi connectivity index (χ2v) is 6.50. The highest BCUT2D eigenvalue weighted by Gasteiger charge is 2.25. The SMILES string of the molecule is CS(=O)(=O)NC1CCCN(C(=O)c2ccncc2)C1. The fraction of sp³-hybridized carbons (Fsp3) is 0.500. The summed E-state index contributed by atoms with van der Waals surface area (Å²) in [5.41, 5.74) is 0.579. The molecule has 1 aromatic rings. The Hall–Kier alpha value is -1.47. The van der Waals surface area contributed by atoms with Crippen LogP contribution in [0.5, 0.6) is 0 Å². The van der Waals surface area contributed by atoms with Crippen LogP contribution >= 0.6 is 0 Å². The minimum absolute atomic E-state index is 0.0811. The Balaban J connectivity index is 2.03. The monoisotopic (exact) mass is 283 g/mol. The first-order valence-electron chi connectivity index (χ1n) is 6.12. The molecule has 1 unspecified atom stereocenters. The van der Waals surface area contributed by atoms with E-state index in [9.17, 15) is 13.2 Å². The molecule has 19 heavy (non-hydrogen) atoms. The molecule has 2 rings (SSSR count). The minimum Gasteiger partial charge on any atom is -0.337 e. The lowest BCUT2D eigenvalue weighted by molar-refractivity contribution is 0.0703. The van der Waals surface area contributed by atoms with Gasteiger partial charge in [0.2, 0.25) is 10.0 Å². The number of rotatable bonds is 3. The topological polar surface area (TPSA) is 79.4 Å².